The molecule has 0 radical (unpaired) electrons. The highest BCUT2D eigenvalue weighted by Gasteiger charge is 2.11. The van der Waals surface area contributed by atoms with Gasteiger partial charge in [0.05, 0.1) is 0 Å². The van der Waals surface area contributed by atoms with Crippen LogP contribution in [0.5, 0.6) is 5.75 Å². The Hall–Kier alpha value is -1.80. The van der Waals surface area contributed by atoms with Gasteiger partial charge in [0.25, 0.3) is 0 Å². The molecule has 0 amide bonds. The van der Waals surface area contributed by atoms with Crippen molar-refractivity contribution in [3.8, 4) is 5.75 Å². The molecule has 0 aliphatic heterocycles. The van der Waals surface area contributed by atoms with Crippen LogP contribution in [-0.2, 0) is 0 Å². The molecule has 0 spiro atoms. The van der Waals surface area contributed by atoms with Crippen molar-refractivity contribution in [3.63, 3.8) is 0 Å². The van der Waals surface area contributed by atoms with E-state index in [1.165, 1.54) is 5.56 Å². The summed E-state index contributed by atoms with van der Waals surface area (Å²) < 4.78 is 5.99. The van der Waals surface area contributed by atoms with Gasteiger partial charge in [-0.05, 0) is 35.6 Å². The van der Waals surface area contributed by atoms with Crippen molar-refractivity contribution in [2.24, 2.45) is 5.73 Å². The van der Waals surface area contributed by atoms with Crippen molar-refractivity contribution >= 4 is 0 Å². The maximum Gasteiger partial charge on any atom is 0.136 e. The Morgan fingerprint density at radius 1 is 0.950 bits per heavy atom. The summed E-state index contributed by atoms with van der Waals surface area (Å²) in [7, 11) is 0. The first-order chi connectivity index (χ1) is 9.74. The molecular formula is C18H23NO. The maximum absolute atomic E-state index is 5.99. The normalized spacial score (nSPS) is 13.8. The van der Waals surface area contributed by atoms with Crippen LogP contribution < -0.4 is 10.5 Å². The minimum absolute atomic E-state index is 0.0920. The van der Waals surface area contributed by atoms with E-state index in [1.54, 1.807) is 0 Å². The molecule has 0 aliphatic carbocycles. The highest BCUT2D eigenvalue weighted by Crippen LogP contribution is 2.25. The molecule has 2 unspecified atom stereocenters. The largest absolute Gasteiger partial charge is 0.484 e. The second-order valence-corrected chi connectivity index (χ2v) is 5.13. The van der Waals surface area contributed by atoms with E-state index in [1.807, 2.05) is 42.5 Å². The second kappa shape index (κ2) is 7.11. The maximum atomic E-state index is 5.99. The number of nitrogens with two attached hydrogens (primary N) is 1. The van der Waals surface area contributed by atoms with Gasteiger partial charge in [0.2, 0.25) is 0 Å². The molecule has 0 fully saturated rings. The third-order valence-electron chi connectivity index (χ3n) is 3.73. The molecule has 20 heavy (non-hydrogen) atoms. The fraction of sp³-hybridized carbons (Fsp3) is 0.333. The van der Waals surface area contributed by atoms with Gasteiger partial charge in [0, 0.05) is 6.54 Å². The zero-order chi connectivity index (χ0) is 14.4. The van der Waals surface area contributed by atoms with Crippen molar-refractivity contribution in [2.75, 3.05) is 6.54 Å². The smallest absolute Gasteiger partial charge is 0.136 e. The highest BCUT2D eigenvalue weighted by molar-refractivity contribution is 5.30. The summed E-state index contributed by atoms with van der Waals surface area (Å²) in [4.78, 5) is 0. The standard InChI is InChI=1S/C18H23NO/c1-3-14(2)15-9-11-17(12-10-15)20-18(13-19)16-7-5-4-6-8-16/h4-12,14,18H,3,13,19H2,1-2H3. The number of rotatable bonds is 6. The molecular weight excluding hydrogens is 246 g/mol. The van der Waals surface area contributed by atoms with Gasteiger partial charge in [-0.15, -0.1) is 0 Å². The minimum Gasteiger partial charge on any atom is -0.484 e. The summed E-state index contributed by atoms with van der Waals surface area (Å²) in [6.07, 6.45) is 1.06. The Labute approximate surface area is 121 Å². The zero-order valence-corrected chi connectivity index (χ0v) is 12.3. The van der Waals surface area contributed by atoms with Gasteiger partial charge in [-0.25, -0.2) is 0 Å². The lowest BCUT2D eigenvalue weighted by Crippen LogP contribution is -2.18. The summed E-state index contributed by atoms with van der Waals surface area (Å²) in [5.41, 5.74) is 8.29. The van der Waals surface area contributed by atoms with Crippen molar-refractivity contribution in [3.05, 3.63) is 65.7 Å². The fourth-order valence-electron chi connectivity index (χ4n) is 2.19. The van der Waals surface area contributed by atoms with E-state index in [9.17, 15) is 0 Å². The molecule has 2 N–H and O–H groups in total. The van der Waals surface area contributed by atoms with Crippen LogP contribution >= 0.6 is 0 Å². The minimum atomic E-state index is -0.0920. The Morgan fingerprint density at radius 3 is 2.15 bits per heavy atom. The molecule has 2 heteroatoms. The lowest BCUT2D eigenvalue weighted by atomic mass is 9.99. The van der Waals surface area contributed by atoms with Gasteiger partial charge >= 0.3 is 0 Å². The van der Waals surface area contributed by atoms with Gasteiger partial charge in [0.1, 0.15) is 11.9 Å². The third kappa shape index (κ3) is 3.61. The van der Waals surface area contributed by atoms with Crippen molar-refractivity contribution in [1.29, 1.82) is 0 Å². The fourth-order valence-corrected chi connectivity index (χ4v) is 2.19. The molecule has 0 aliphatic rings. The van der Waals surface area contributed by atoms with Crippen LogP contribution in [0.25, 0.3) is 0 Å². The number of ether oxygens (including phenoxy) is 1. The first-order valence-corrected chi connectivity index (χ1v) is 7.26. The lowest BCUT2D eigenvalue weighted by Gasteiger charge is -2.18. The van der Waals surface area contributed by atoms with Crippen LogP contribution in [0.2, 0.25) is 0 Å². The van der Waals surface area contributed by atoms with Gasteiger partial charge < -0.3 is 10.5 Å². The second-order valence-electron chi connectivity index (χ2n) is 5.13. The zero-order valence-electron chi connectivity index (χ0n) is 12.3. The van der Waals surface area contributed by atoms with E-state index in [0.717, 1.165) is 17.7 Å². The molecule has 0 heterocycles. The van der Waals surface area contributed by atoms with Crippen LogP contribution in [0.3, 0.4) is 0 Å². The molecule has 106 valence electrons. The molecule has 0 saturated carbocycles. The molecule has 0 saturated heterocycles. The SMILES string of the molecule is CCC(C)c1ccc(OC(CN)c2ccccc2)cc1. The van der Waals surface area contributed by atoms with Crippen molar-refractivity contribution in [1.82, 2.24) is 0 Å². The average molecular weight is 269 g/mol. The first-order valence-electron chi connectivity index (χ1n) is 7.26. The molecule has 0 bridgehead atoms. The third-order valence-corrected chi connectivity index (χ3v) is 3.73. The monoisotopic (exact) mass is 269 g/mol. The van der Waals surface area contributed by atoms with Crippen LogP contribution in [0, 0.1) is 0 Å². The quantitative estimate of drug-likeness (QED) is 0.849. The summed E-state index contributed by atoms with van der Waals surface area (Å²) in [5, 5.41) is 0. The molecule has 0 aromatic heterocycles. The lowest BCUT2D eigenvalue weighted by molar-refractivity contribution is 0.214. The predicted octanol–water partition coefficient (Wildman–Crippen LogP) is 4.28. The van der Waals surface area contributed by atoms with Gasteiger partial charge in [-0.1, -0.05) is 56.3 Å². The van der Waals surface area contributed by atoms with E-state index < -0.39 is 0 Å². The highest BCUT2D eigenvalue weighted by atomic mass is 16.5. The number of hydrogen-bond acceptors (Lipinski definition) is 2. The summed E-state index contributed by atoms with van der Waals surface area (Å²) in [6.45, 7) is 4.91. The van der Waals surface area contributed by atoms with E-state index in [0.29, 0.717) is 12.5 Å². The average Bonchev–Trinajstić information content (AvgIpc) is 2.53. The van der Waals surface area contributed by atoms with E-state index in [-0.39, 0.29) is 6.10 Å². The van der Waals surface area contributed by atoms with Crippen LogP contribution in [0.4, 0.5) is 0 Å². The summed E-state index contributed by atoms with van der Waals surface area (Å²) in [6, 6.07) is 18.5. The van der Waals surface area contributed by atoms with Gasteiger partial charge in [-0.2, -0.15) is 0 Å². The van der Waals surface area contributed by atoms with Gasteiger partial charge in [-0.3, -0.25) is 0 Å². The van der Waals surface area contributed by atoms with Crippen LogP contribution in [-0.4, -0.2) is 6.54 Å². The Kier molecular flexibility index (Phi) is 5.19. The topological polar surface area (TPSA) is 35.2 Å². The molecule has 2 nitrogen and oxygen atoms in total. The van der Waals surface area contributed by atoms with Gasteiger partial charge in [0.15, 0.2) is 0 Å². The number of benzene rings is 2. The van der Waals surface area contributed by atoms with Crippen LogP contribution in [0.15, 0.2) is 54.6 Å². The van der Waals surface area contributed by atoms with E-state index >= 15 is 0 Å². The Balaban J connectivity index is 2.08. The predicted molar refractivity (Wildman–Crippen MR) is 84.0 cm³/mol. The van der Waals surface area contributed by atoms with Crippen molar-refractivity contribution < 1.29 is 4.74 Å². The van der Waals surface area contributed by atoms with Crippen LogP contribution in [0.1, 0.15) is 43.4 Å². The summed E-state index contributed by atoms with van der Waals surface area (Å²) in [5.74, 6) is 1.46. The molecule has 2 aromatic rings. The summed E-state index contributed by atoms with van der Waals surface area (Å²) >= 11 is 0. The molecule has 2 atom stereocenters. The number of hydrogen-bond donors (Lipinski definition) is 1. The van der Waals surface area contributed by atoms with Crippen molar-refractivity contribution in [2.45, 2.75) is 32.3 Å². The first kappa shape index (κ1) is 14.6. The molecule has 2 aromatic carbocycles. The van der Waals surface area contributed by atoms with E-state index in [2.05, 4.69) is 26.0 Å². The Morgan fingerprint density at radius 2 is 1.60 bits per heavy atom. The Bertz CT molecular complexity index is 507. The molecule has 2 rings (SSSR count). The van der Waals surface area contributed by atoms with E-state index in [4.69, 9.17) is 10.5 Å².